The lowest BCUT2D eigenvalue weighted by Gasteiger charge is -2.08. The van der Waals surface area contributed by atoms with Crippen LogP contribution >= 0.6 is 0 Å². The monoisotopic (exact) mass is 329 g/mol. The number of rotatable bonds is 7. The average molecular weight is 329 g/mol. The zero-order chi connectivity index (χ0) is 16.9. The predicted molar refractivity (Wildman–Crippen MR) is 87.1 cm³/mol. The van der Waals surface area contributed by atoms with E-state index in [0.717, 1.165) is 23.9 Å². The fourth-order valence-corrected chi connectivity index (χ4v) is 2.69. The minimum Gasteiger partial charge on any atom is -0.356 e. The van der Waals surface area contributed by atoms with Crippen LogP contribution in [-0.4, -0.2) is 40.2 Å². The quantitative estimate of drug-likeness (QED) is 0.509. The van der Waals surface area contributed by atoms with E-state index >= 15 is 0 Å². The number of para-hydroxylation sites is 1. The highest BCUT2D eigenvalue weighted by molar-refractivity contribution is 6.04. The SMILES string of the molecule is O=C(CC[C@@H]1NC(=O)NC1=O)NCCCn1ncc2ccccc21. The number of carbonyl (C=O) groups excluding carboxylic acids is 3. The molecule has 0 aliphatic carbocycles. The number of benzene rings is 1. The Kier molecular flexibility index (Phi) is 4.74. The second-order valence-electron chi connectivity index (χ2n) is 5.68. The summed E-state index contributed by atoms with van der Waals surface area (Å²) in [6.07, 6.45) is 3.09. The van der Waals surface area contributed by atoms with Crippen molar-refractivity contribution >= 4 is 28.7 Å². The second-order valence-corrected chi connectivity index (χ2v) is 5.68. The van der Waals surface area contributed by atoms with E-state index in [9.17, 15) is 14.4 Å². The van der Waals surface area contributed by atoms with Crippen molar-refractivity contribution in [3.8, 4) is 0 Å². The van der Waals surface area contributed by atoms with Gasteiger partial charge in [-0.25, -0.2) is 4.79 Å². The van der Waals surface area contributed by atoms with Crippen LogP contribution in [0.4, 0.5) is 4.79 Å². The number of urea groups is 1. The topological polar surface area (TPSA) is 105 Å². The molecule has 1 fully saturated rings. The van der Waals surface area contributed by atoms with Gasteiger partial charge in [0, 0.05) is 24.9 Å². The Balaban J connectivity index is 1.36. The van der Waals surface area contributed by atoms with Gasteiger partial charge in [0.05, 0.1) is 11.7 Å². The molecule has 8 heteroatoms. The van der Waals surface area contributed by atoms with Crippen LogP contribution in [0.2, 0.25) is 0 Å². The summed E-state index contributed by atoms with van der Waals surface area (Å²) < 4.78 is 1.92. The molecule has 3 N–H and O–H groups in total. The number of amides is 4. The third-order valence-corrected chi connectivity index (χ3v) is 3.94. The van der Waals surface area contributed by atoms with Gasteiger partial charge in [-0.2, -0.15) is 5.10 Å². The number of hydrogen-bond acceptors (Lipinski definition) is 4. The van der Waals surface area contributed by atoms with Crippen molar-refractivity contribution in [2.45, 2.75) is 31.8 Å². The molecule has 24 heavy (non-hydrogen) atoms. The molecule has 0 unspecified atom stereocenters. The first-order valence-electron chi connectivity index (χ1n) is 7.92. The van der Waals surface area contributed by atoms with Crippen LogP contribution in [0.5, 0.6) is 0 Å². The van der Waals surface area contributed by atoms with E-state index in [1.165, 1.54) is 0 Å². The van der Waals surface area contributed by atoms with Crippen molar-refractivity contribution in [1.82, 2.24) is 25.7 Å². The Hall–Kier alpha value is -2.90. The first-order chi connectivity index (χ1) is 11.6. The van der Waals surface area contributed by atoms with Crippen molar-refractivity contribution in [1.29, 1.82) is 0 Å². The number of aromatic nitrogens is 2. The van der Waals surface area contributed by atoms with Crippen LogP contribution in [-0.2, 0) is 16.1 Å². The molecular weight excluding hydrogens is 310 g/mol. The Morgan fingerprint density at radius 3 is 2.92 bits per heavy atom. The van der Waals surface area contributed by atoms with E-state index < -0.39 is 12.1 Å². The van der Waals surface area contributed by atoms with Crippen molar-refractivity contribution in [2.24, 2.45) is 0 Å². The van der Waals surface area contributed by atoms with Gasteiger partial charge in [-0.05, 0) is 18.9 Å². The highest BCUT2D eigenvalue weighted by Crippen LogP contribution is 2.12. The number of imide groups is 1. The molecule has 0 spiro atoms. The molecule has 1 saturated heterocycles. The van der Waals surface area contributed by atoms with Crippen LogP contribution < -0.4 is 16.0 Å². The summed E-state index contributed by atoms with van der Waals surface area (Å²) >= 11 is 0. The van der Waals surface area contributed by atoms with Gasteiger partial charge in [0.15, 0.2) is 0 Å². The van der Waals surface area contributed by atoms with E-state index in [2.05, 4.69) is 21.0 Å². The summed E-state index contributed by atoms with van der Waals surface area (Å²) in [6, 6.07) is 6.86. The van der Waals surface area contributed by atoms with Gasteiger partial charge in [-0.15, -0.1) is 0 Å². The molecule has 2 aromatic rings. The predicted octanol–water partition coefficient (Wildman–Crippen LogP) is 0.531. The molecule has 1 aliphatic rings. The number of carbonyl (C=O) groups is 3. The largest absolute Gasteiger partial charge is 0.356 e. The Bertz CT molecular complexity index is 770. The van der Waals surface area contributed by atoms with E-state index in [0.29, 0.717) is 13.0 Å². The first kappa shape index (κ1) is 16.0. The van der Waals surface area contributed by atoms with Crippen LogP contribution in [0.1, 0.15) is 19.3 Å². The number of aryl methyl sites for hydroxylation is 1. The van der Waals surface area contributed by atoms with Crippen LogP contribution in [0, 0.1) is 0 Å². The van der Waals surface area contributed by atoms with Crippen molar-refractivity contribution < 1.29 is 14.4 Å². The lowest BCUT2D eigenvalue weighted by atomic mass is 10.1. The zero-order valence-corrected chi connectivity index (χ0v) is 13.1. The normalized spacial score (nSPS) is 16.9. The molecule has 0 saturated carbocycles. The molecule has 8 nitrogen and oxygen atoms in total. The maximum atomic E-state index is 11.8. The van der Waals surface area contributed by atoms with Gasteiger partial charge in [-0.3, -0.25) is 19.6 Å². The third kappa shape index (κ3) is 3.70. The molecule has 2 heterocycles. The summed E-state index contributed by atoms with van der Waals surface area (Å²) in [5.41, 5.74) is 1.08. The molecule has 1 aromatic carbocycles. The van der Waals surface area contributed by atoms with Crippen LogP contribution in [0.15, 0.2) is 30.5 Å². The zero-order valence-electron chi connectivity index (χ0n) is 13.1. The van der Waals surface area contributed by atoms with E-state index in [1.54, 1.807) is 0 Å². The van der Waals surface area contributed by atoms with E-state index in [4.69, 9.17) is 0 Å². The molecular formula is C16H19N5O3. The number of nitrogens with zero attached hydrogens (tertiary/aromatic N) is 2. The summed E-state index contributed by atoms with van der Waals surface area (Å²) in [7, 11) is 0. The van der Waals surface area contributed by atoms with Gasteiger partial charge >= 0.3 is 6.03 Å². The Morgan fingerprint density at radius 1 is 1.29 bits per heavy atom. The second kappa shape index (κ2) is 7.12. The molecule has 0 radical (unpaired) electrons. The van der Waals surface area contributed by atoms with Gasteiger partial charge in [-0.1, -0.05) is 18.2 Å². The maximum Gasteiger partial charge on any atom is 0.322 e. The van der Waals surface area contributed by atoms with E-state index in [1.807, 2.05) is 35.1 Å². The first-order valence-corrected chi connectivity index (χ1v) is 7.92. The highest BCUT2D eigenvalue weighted by Gasteiger charge is 2.29. The van der Waals surface area contributed by atoms with Crippen molar-refractivity contribution in [2.75, 3.05) is 6.54 Å². The Morgan fingerprint density at radius 2 is 2.12 bits per heavy atom. The minimum atomic E-state index is -0.612. The smallest absolute Gasteiger partial charge is 0.322 e. The summed E-state index contributed by atoms with van der Waals surface area (Å²) in [5.74, 6) is -0.507. The molecule has 0 bridgehead atoms. The van der Waals surface area contributed by atoms with Crippen LogP contribution in [0.25, 0.3) is 10.9 Å². The molecule has 1 atom stereocenters. The maximum absolute atomic E-state index is 11.8. The van der Waals surface area contributed by atoms with Gasteiger partial charge in [0.2, 0.25) is 5.91 Å². The summed E-state index contributed by atoms with van der Waals surface area (Å²) in [6.45, 7) is 1.26. The fraction of sp³-hybridized carbons (Fsp3) is 0.375. The minimum absolute atomic E-state index is 0.130. The summed E-state index contributed by atoms with van der Waals surface area (Å²) in [5, 5.41) is 12.9. The fourth-order valence-electron chi connectivity index (χ4n) is 2.69. The molecule has 4 amide bonds. The van der Waals surface area contributed by atoms with Gasteiger partial charge in [0.1, 0.15) is 6.04 Å². The number of nitrogens with one attached hydrogen (secondary N) is 3. The third-order valence-electron chi connectivity index (χ3n) is 3.94. The van der Waals surface area contributed by atoms with Gasteiger partial charge < -0.3 is 10.6 Å². The molecule has 1 aromatic heterocycles. The molecule has 3 rings (SSSR count). The molecule has 1 aliphatic heterocycles. The summed E-state index contributed by atoms with van der Waals surface area (Å²) in [4.78, 5) is 34.1. The molecule has 126 valence electrons. The average Bonchev–Trinajstić information content (AvgIpc) is 3.12. The number of fused-ring (bicyclic) bond motifs is 1. The Labute approximate surface area is 138 Å². The van der Waals surface area contributed by atoms with E-state index in [-0.39, 0.29) is 18.2 Å². The number of hydrogen-bond donors (Lipinski definition) is 3. The van der Waals surface area contributed by atoms with Crippen molar-refractivity contribution in [3.05, 3.63) is 30.5 Å². The van der Waals surface area contributed by atoms with Crippen molar-refractivity contribution in [3.63, 3.8) is 0 Å². The standard InChI is InChI=1S/C16H19N5O3/c22-14(7-6-12-15(23)20-16(24)19-12)17-8-3-9-21-13-5-2-1-4-11(13)10-18-21/h1-2,4-5,10,12H,3,6-9H2,(H,17,22)(H2,19,20,23,24)/t12-/m0/s1. The van der Waals surface area contributed by atoms with Crippen LogP contribution in [0.3, 0.4) is 0 Å². The van der Waals surface area contributed by atoms with Gasteiger partial charge in [0.25, 0.3) is 5.91 Å². The highest BCUT2D eigenvalue weighted by atomic mass is 16.2. The lowest BCUT2D eigenvalue weighted by Crippen LogP contribution is -2.32. The lowest BCUT2D eigenvalue weighted by molar-refractivity contribution is -0.122.